The zero-order valence-electron chi connectivity index (χ0n) is 14.8. The second-order valence-corrected chi connectivity index (χ2v) is 6.03. The second kappa shape index (κ2) is 10.2. The summed E-state index contributed by atoms with van der Waals surface area (Å²) in [6.07, 6.45) is 1.66. The number of nitrogens with zero attached hydrogens (tertiary/aromatic N) is 1. The fourth-order valence-electron chi connectivity index (χ4n) is 2.57. The van der Waals surface area contributed by atoms with Crippen molar-refractivity contribution in [2.24, 2.45) is 5.73 Å². The molecule has 27 heavy (non-hydrogen) atoms. The number of nitro groups is 1. The summed E-state index contributed by atoms with van der Waals surface area (Å²) in [5.74, 6) is -0.644. The lowest BCUT2D eigenvalue weighted by atomic mass is 10.1. The maximum absolute atomic E-state index is 12.8. The minimum absolute atomic E-state index is 0.0588. The molecule has 144 valence electrons. The highest BCUT2D eigenvalue weighted by Gasteiger charge is 2.16. The maximum atomic E-state index is 12.8. The number of nitrogens with one attached hydrogen (secondary N) is 1. The summed E-state index contributed by atoms with van der Waals surface area (Å²) in [5, 5.41) is 14.4. The third kappa shape index (κ3) is 7.02. The molecular formula is C19H22FN3O4. The van der Waals surface area contributed by atoms with Crippen LogP contribution in [-0.4, -0.2) is 30.5 Å². The van der Waals surface area contributed by atoms with E-state index in [9.17, 15) is 19.3 Å². The van der Waals surface area contributed by atoms with Gasteiger partial charge in [0, 0.05) is 12.6 Å². The first-order valence-electron chi connectivity index (χ1n) is 8.59. The van der Waals surface area contributed by atoms with Crippen LogP contribution in [0.4, 0.5) is 10.1 Å². The number of benzene rings is 2. The lowest BCUT2D eigenvalue weighted by Gasteiger charge is -2.09. The van der Waals surface area contributed by atoms with Crippen LogP contribution >= 0.6 is 0 Å². The van der Waals surface area contributed by atoms with Gasteiger partial charge in [-0.25, -0.2) is 4.39 Å². The Kier molecular flexibility index (Phi) is 7.69. The van der Waals surface area contributed by atoms with E-state index in [0.717, 1.165) is 24.9 Å². The van der Waals surface area contributed by atoms with Crippen LogP contribution in [0.25, 0.3) is 0 Å². The zero-order chi connectivity index (χ0) is 19.6. The molecule has 0 atom stereocenters. The van der Waals surface area contributed by atoms with Gasteiger partial charge in [-0.2, -0.15) is 0 Å². The molecule has 0 spiro atoms. The van der Waals surface area contributed by atoms with E-state index in [1.807, 2.05) is 0 Å². The predicted octanol–water partition coefficient (Wildman–Crippen LogP) is 2.36. The number of rotatable bonds is 11. The Morgan fingerprint density at radius 3 is 2.52 bits per heavy atom. The van der Waals surface area contributed by atoms with Crippen molar-refractivity contribution < 1.29 is 18.8 Å². The standard InChI is InChI=1S/C19H22FN3O4/c20-16-6-3-14(4-7-16)2-1-9-22-10-11-27-18-8-5-15(13-19(21)24)12-17(18)23(25)26/h3-8,12,22H,1-2,9-11,13H2,(H2,21,24). The molecule has 0 saturated carbocycles. The first-order chi connectivity index (χ1) is 13.0. The van der Waals surface area contributed by atoms with Gasteiger partial charge < -0.3 is 15.8 Å². The predicted molar refractivity (Wildman–Crippen MR) is 99.1 cm³/mol. The number of halogens is 1. The van der Waals surface area contributed by atoms with E-state index in [1.165, 1.54) is 24.3 Å². The fraction of sp³-hybridized carbons (Fsp3) is 0.316. The summed E-state index contributed by atoms with van der Waals surface area (Å²) in [6, 6.07) is 10.8. The summed E-state index contributed by atoms with van der Waals surface area (Å²) in [4.78, 5) is 21.5. The highest BCUT2D eigenvalue weighted by atomic mass is 19.1. The Balaban J connectivity index is 1.72. The summed E-state index contributed by atoms with van der Waals surface area (Å²) >= 11 is 0. The van der Waals surface area contributed by atoms with Crippen molar-refractivity contribution in [3.8, 4) is 5.75 Å². The van der Waals surface area contributed by atoms with Crippen molar-refractivity contribution in [3.05, 3.63) is 69.5 Å². The Bertz CT molecular complexity index is 781. The molecule has 7 nitrogen and oxygen atoms in total. The summed E-state index contributed by atoms with van der Waals surface area (Å²) in [7, 11) is 0. The number of ether oxygens (including phenoxy) is 1. The molecule has 0 unspecified atom stereocenters. The van der Waals surface area contributed by atoms with Crippen LogP contribution in [0.2, 0.25) is 0 Å². The average Bonchev–Trinajstić information content (AvgIpc) is 2.62. The molecule has 0 radical (unpaired) electrons. The van der Waals surface area contributed by atoms with Crippen molar-refractivity contribution in [3.63, 3.8) is 0 Å². The topological polar surface area (TPSA) is 107 Å². The lowest BCUT2D eigenvalue weighted by Crippen LogP contribution is -2.22. The molecule has 3 N–H and O–H groups in total. The van der Waals surface area contributed by atoms with E-state index in [1.54, 1.807) is 18.2 Å². The van der Waals surface area contributed by atoms with Crippen LogP contribution in [-0.2, 0) is 17.6 Å². The number of amides is 1. The SMILES string of the molecule is NC(=O)Cc1ccc(OCCNCCCc2ccc(F)cc2)c([N+](=O)[O-])c1. The van der Waals surface area contributed by atoms with Gasteiger partial charge in [-0.05, 0) is 48.7 Å². The van der Waals surface area contributed by atoms with Gasteiger partial charge in [0.05, 0.1) is 11.3 Å². The molecule has 0 aromatic heterocycles. The number of primary amides is 1. The molecule has 8 heteroatoms. The van der Waals surface area contributed by atoms with E-state index in [4.69, 9.17) is 10.5 Å². The lowest BCUT2D eigenvalue weighted by molar-refractivity contribution is -0.385. The van der Waals surface area contributed by atoms with Gasteiger partial charge >= 0.3 is 5.69 Å². The molecule has 2 aromatic carbocycles. The summed E-state index contributed by atoms with van der Waals surface area (Å²) < 4.78 is 18.3. The van der Waals surface area contributed by atoms with Crippen molar-refractivity contribution in [1.29, 1.82) is 0 Å². The van der Waals surface area contributed by atoms with Crippen LogP contribution in [0.1, 0.15) is 17.5 Å². The number of hydrogen-bond donors (Lipinski definition) is 2. The maximum Gasteiger partial charge on any atom is 0.311 e. The van der Waals surface area contributed by atoms with Crippen LogP contribution in [0, 0.1) is 15.9 Å². The highest BCUT2D eigenvalue weighted by molar-refractivity contribution is 5.77. The molecule has 0 aliphatic carbocycles. The van der Waals surface area contributed by atoms with Gasteiger partial charge in [0.1, 0.15) is 12.4 Å². The van der Waals surface area contributed by atoms with Gasteiger partial charge in [-0.3, -0.25) is 14.9 Å². The van der Waals surface area contributed by atoms with Gasteiger partial charge in [0.25, 0.3) is 0 Å². The first-order valence-corrected chi connectivity index (χ1v) is 8.59. The number of nitrogens with two attached hydrogens (primary N) is 1. The van der Waals surface area contributed by atoms with Crippen LogP contribution in [0.5, 0.6) is 5.75 Å². The Hall–Kier alpha value is -3.00. The van der Waals surface area contributed by atoms with Gasteiger partial charge in [0.2, 0.25) is 5.91 Å². The van der Waals surface area contributed by atoms with E-state index in [-0.39, 0.29) is 30.3 Å². The average molecular weight is 375 g/mol. The molecule has 0 aliphatic rings. The van der Waals surface area contributed by atoms with E-state index < -0.39 is 10.8 Å². The van der Waals surface area contributed by atoms with Crippen molar-refractivity contribution in [2.45, 2.75) is 19.3 Å². The first kappa shape index (κ1) is 20.3. The third-order valence-corrected chi connectivity index (χ3v) is 3.87. The largest absolute Gasteiger partial charge is 0.485 e. The van der Waals surface area contributed by atoms with Crippen molar-refractivity contribution in [2.75, 3.05) is 19.7 Å². The number of nitro benzene ring substituents is 1. The van der Waals surface area contributed by atoms with Crippen molar-refractivity contribution >= 4 is 11.6 Å². The highest BCUT2D eigenvalue weighted by Crippen LogP contribution is 2.28. The van der Waals surface area contributed by atoms with Gasteiger partial charge in [0.15, 0.2) is 5.75 Å². The Morgan fingerprint density at radius 2 is 1.85 bits per heavy atom. The number of carbonyl (C=O) groups excluding carboxylic acids is 1. The Morgan fingerprint density at radius 1 is 1.15 bits per heavy atom. The minimum Gasteiger partial charge on any atom is -0.485 e. The molecule has 0 heterocycles. The number of aryl methyl sites for hydroxylation is 1. The van der Waals surface area contributed by atoms with E-state index in [0.29, 0.717) is 12.1 Å². The normalized spacial score (nSPS) is 10.6. The van der Waals surface area contributed by atoms with E-state index >= 15 is 0 Å². The van der Waals surface area contributed by atoms with Crippen molar-refractivity contribution in [1.82, 2.24) is 5.32 Å². The smallest absolute Gasteiger partial charge is 0.311 e. The summed E-state index contributed by atoms with van der Waals surface area (Å²) in [6.45, 7) is 1.55. The molecule has 0 aliphatic heterocycles. The molecule has 0 saturated heterocycles. The number of carbonyl (C=O) groups is 1. The molecular weight excluding hydrogens is 353 g/mol. The third-order valence-electron chi connectivity index (χ3n) is 3.87. The quantitative estimate of drug-likeness (QED) is 0.356. The molecule has 0 bridgehead atoms. The van der Waals surface area contributed by atoms with Crippen LogP contribution in [0.15, 0.2) is 42.5 Å². The summed E-state index contributed by atoms with van der Waals surface area (Å²) in [5.41, 5.74) is 6.46. The molecule has 2 rings (SSSR count). The molecule has 0 fully saturated rings. The van der Waals surface area contributed by atoms with Crippen LogP contribution < -0.4 is 15.8 Å². The second-order valence-electron chi connectivity index (χ2n) is 6.03. The minimum atomic E-state index is -0.553. The van der Waals surface area contributed by atoms with Gasteiger partial charge in [-0.15, -0.1) is 0 Å². The van der Waals surface area contributed by atoms with Gasteiger partial charge in [-0.1, -0.05) is 18.2 Å². The fourth-order valence-corrected chi connectivity index (χ4v) is 2.57. The Labute approximate surface area is 156 Å². The molecule has 1 amide bonds. The van der Waals surface area contributed by atoms with Crippen LogP contribution in [0.3, 0.4) is 0 Å². The van der Waals surface area contributed by atoms with E-state index in [2.05, 4.69) is 5.32 Å². The zero-order valence-corrected chi connectivity index (χ0v) is 14.8. The number of hydrogen-bond acceptors (Lipinski definition) is 5. The molecule has 2 aromatic rings. The monoisotopic (exact) mass is 375 g/mol.